The van der Waals surface area contributed by atoms with Crippen molar-refractivity contribution in [1.82, 2.24) is 0 Å². The number of carbonyl (C=O) groups is 1. The van der Waals surface area contributed by atoms with E-state index in [4.69, 9.17) is 0 Å². The first-order valence-corrected chi connectivity index (χ1v) is 4.54. The molecule has 0 radical (unpaired) electrons. The van der Waals surface area contributed by atoms with Crippen molar-refractivity contribution in [3.05, 3.63) is 12.2 Å². The molecule has 0 saturated heterocycles. The van der Waals surface area contributed by atoms with E-state index in [9.17, 15) is 4.79 Å². The second-order valence-corrected chi connectivity index (χ2v) is 2.63. The number of rotatable bonds is 4. The zero-order valence-corrected chi connectivity index (χ0v) is 8.30. The number of ether oxygens (including phenoxy) is 1. The van der Waals surface area contributed by atoms with Crippen LogP contribution in [0.3, 0.4) is 0 Å². The SMILES string of the molecule is CCCCC#CC=CCOC(C)=O. The van der Waals surface area contributed by atoms with Crippen LogP contribution in [0, 0.1) is 11.8 Å². The van der Waals surface area contributed by atoms with Gasteiger partial charge in [0.2, 0.25) is 0 Å². The van der Waals surface area contributed by atoms with Gasteiger partial charge in [0.25, 0.3) is 0 Å². The summed E-state index contributed by atoms with van der Waals surface area (Å²) in [6.07, 6.45) is 6.71. The number of esters is 1. The highest BCUT2D eigenvalue weighted by atomic mass is 16.5. The highest BCUT2D eigenvalue weighted by molar-refractivity contribution is 5.66. The molecule has 0 amide bonds. The first-order chi connectivity index (χ1) is 6.27. The van der Waals surface area contributed by atoms with Crippen LogP contribution in [0.5, 0.6) is 0 Å². The van der Waals surface area contributed by atoms with E-state index in [0.717, 1.165) is 12.8 Å². The predicted octanol–water partition coefficient (Wildman–Crippen LogP) is 2.30. The summed E-state index contributed by atoms with van der Waals surface area (Å²) < 4.78 is 4.68. The number of allylic oxidation sites excluding steroid dienone is 1. The van der Waals surface area contributed by atoms with Crippen molar-refractivity contribution in [3.63, 3.8) is 0 Å². The lowest BCUT2D eigenvalue weighted by Crippen LogP contribution is -1.96. The molecule has 0 atom stereocenters. The number of hydrogen-bond donors (Lipinski definition) is 0. The molecule has 0 aliphatic carbocycles. The fourth-order valence-corrected chi connectivity index (χ4v) is 0.669. The Morgan fingerprint density at radius 3 is 2.92 bits per heavy atom. The molecule has 0 aromatic carbocycles. The summed E-state index contributed by atoms with van der Waals surface area (Å²) in [6.45, 7) is 3.84. The summed E-state index contributed by atoms with van der Waals surface area (Å²) in [7, 11) is 0. The number of unbranched alkanes of at least 4 members (excludes halogenated alkanes) is 2. The fraction of sp³-hybridized carbons (Fsp3) is 0.545. The highest BCUT2D eigenvalue weighted by Gasteiger charge is 1.84. The molecule has 0 aromatic rings. The lowest BCUT2D eigenvalue weighted by atomic mass is 10.2. The smallest absolute Gasteiger partial charge is 0.302 e. The maximum absolute atomic E-state index is 10.3. The van der Waals surface area contributed by atoms with Crippen molar-refractivity contribution < 1.29 is 9.53 Å². The standard InChI is InChI=1S/C11H16O2/c1-3-4-5-6-7-8-9-10-13-11(2)12/h8-9H,3-5,10H2,1-2H3. The molecule has 2 nitrogen and oxygen atoms in total. The largest absolute Gasteiger partial charge is 0.462 e. The number of hydrogen-bond acceptors (Lipinski definition) is 2. The lowest BCUT2D eigenvalue weighted by Gasteiger charge is -1.92. The Hall–Kier alpha value is -1.23. The molecule has 0 N–H and O–H groups in total. The van der Waals surface area contributed by atoms with Crippen LogP contribution < -0.4 is 0 Å². The summed E-state index contributed by atoms with van der Waals surface area (Å²) in [5.74, 6) is 5.61. The third-order valence-corrected chi connectivity index (χ3v) is 1.34. The van der Waals surface area contributed by atoms with E-state index in [0.29, 0.717) is 6.61 Å². The van der Waals surface area contributed by atoms with E-state index in [1.54, 1.807) is 12.2 Å². The molecule has 0 bridgehead atoms. The van der Waals surface area contributed by atoms with Crippen LogP contribution in [-0.2, 0) is 9.53 Å². The van der Waals surface area contributed by atoms with Crippen molar-refractivity contribution in [1.29, 1.82) is 0 Å². The van der Waals surface area contributed by atoms with Gasteiger partial charge in [-0.15, -0.1) is 0 Å². The van der Waals surface area contributed by atoms with Crippen molar-refractivity contribution in [2.75, 3.05) is 6.61 Å². The Morgan fingerprint density at radius 1 is 1.54 bits per heavy atom. The van der Waals surface area contributed by atoms with Gasteiger partial charge in [-0.1, -0.05) is 25.2 Å². The molecule has 2 heteroatoms. The molecule has 0 rings (SSSR count). The van der Waals surface area contributed by atoms with Crippen LogP contribution in [-0.4, -0.2) is 12.6 Å². The first-order valence-electron chi connectivity index (χ1n) is 4.54. The second kappa shape index (κ2) is 8.86. The monoisotopic (exact) mass is 180 g/mol. The van der Waals surface area contributed by atoms with E-state index < -0.39 is 0 Å². The molecular weight excluding hydrogens is 164 g/mol. The van der Waals surface area contributed by atoms with Crippen molar-refractivity contribution >= 4 is 5.97 Å². The normalized spacial score (nSPS) is 9.38. The lowest BCUT2D eigenvalue weighted by molar-refractivity contribution is -0.139. The minimum Gasteiger partial charge on any atom is -0.462 e. The predicted molar refractivity (Wildman–Crippen MR) is 53.1 cm³/mol. The van der Waals surface area contributed by atoms with Gasteiger partial charge in [0.1, 0.15) is 6.61 Å². The molecular formula is C11H16O2. The van der Waals surface area contributed by atoms with Crippen molar-refractivity contribution in [3.8, 4) is 11.8 Å². The Morgan fingerprint density at radius 2 is 2.31 bits per heavy atom. The summed E-state index contributed by atoms with van der Waals surface area (Å²) in [5.41, 5.74) is 0. The van der Waals surface area contributed by atoms with Gasteiger partial charge < -0.3 is 4.74 Å². The third kappa shape index (κ3) is 10.8. The van der Waals surface area contributed by atoms with Crippen LogP contribution in [0.1, 0.15) is 33.1 Å². The van der Waals surface area contributed by atoms with Gasteiger partial charge in [-0.3, -0.25) is 4.79 Å². The summed E-state index contributed by atoms with van der Waals surface area (Å²) >= 11 is 0. The van der Waals surface area contributed by atoms with Gasteiger partial charge in [-0.2, -0.15) is 0 Å². The molecule has 0 aliphatic heterocycles. The second-order valence-electron chi connectivity index (χ2n) is 2.63. The van der Waals surface area contributed by atoms with Gasteiger partial charge in [0, 0.05) is 13.3 Å². The van der Waals surface area contributed by atoms with Gasteiger partial charge in [-0.05, 0) is 18.6 Å². The molecule has 72 valence electrons. The molecule has 0 heterocycles. The van der Waals surface area contributed by atoms with Crippen LogP contribution in [0.25, 0.3) is 0 Å². The summed E-state index contributed by atoms with van der Waals surface area (Å²) in [5, 5.41) is 0. The Labute approximate surface area is 80.0 Å². The average Bonchev–Trinajstić information content (AvgIpc) is 2.09. The minimum atomic E-state index is -0.261. The zero-order chi connectivity index (χ0) is 9.94. The zero-order valence-electron chi connectivity index (χ0n) is 8.30. The van der Waals surface area contributed by atoms with Gasteiger partial charge in [0.05, 0.1) is 0 Å². The minimum absolute atomic E-state index is 0.261. The van der Waals surface area contributed by atoms with E-state index in [-0.39, 0.29) is 5.97 Å². The Bertz CT molecular complexity index is 218. The molecule has 0 saturated carbocycles. The molecule has 13 heavy (non-hydrogen) atoms. The number of carbonyl (C=O) groups excluding carboxylic acids is 1. The van der Waals surface area contributed by atoms with Gasteiger partial charge >= 0.3 is 5.97 Å². The Kier molecular flexibility index (Phi) is 8.02. The topological polar surface area (TPSA) is 26.3 Å². The Balaban J connectivity index is 3.37. The molecule has 0 aromatic heterocycles. The van der Waals surface area contributed by atoms with Gasteiger partial charge in [-0.25, -0.2) is 0 Å². The van der Waals surface area contributed by atoms with E-state index in [2.05, 4.69) is 23.5 Å². The van der Waals surface area contributed by atoms with Crippen LogP contribution in [0.4, 0.5) is 0 Å². The first kappa shape index (κ1) is 11.8. The average molecular weight is 180 g/mol. The summed E-state index contributed by atoms with van der Waals surface area (Å²) in [4.78, 5) is 10.3. The van der Waals surface area contributed by atoms with E-state index >= 15 is 0 Å². The highest BCUT2D eigenvalue weighted by Crippen LogP contribution is 1.90. The maximum atomic E-state index is 10.3. The summed E-state index contributed by atoms with van der Waals surface area (Å²) in [6, 6.07) is 0. The molecule has 0 spiro atoms. The van der Waals surface area contributed by atoms with E-state index in [1.807, 2.05) is 0 Å². The third-order valence-electron chi connectivity index (χ3n) is 1.34. The van der Waals surface area contributed by atoms with Crippen LogP contribution in [0.2, 0.25) is 0 Å². The van der Waals surface area contributed by atoms with Crippen LogP contribution in [0.15, 0.2) is 12.2 Å². The van der Waals surface area contributed by atoms with E-state index in [1.165, 1.54) is 13.3 Å². The molecule has 0 unspecified atom stereocenters. The molecule has 0 fully saturated rings. The molecule has 0 aliphatic rings. The fourth-order valence-electron chi connectivity index (χ4n) is 0.669. The maximum Gasteiger partial charge on any atom is 0.302 e. The van der Waals surface area contributed by atoms with Crippen LogP contribution >= 0.6 is 0 Å². The van der Waals surface area contributed by atoms with Crippen molar-refractivity contribution in [2.45, 2.75) is 33.1 Å². The van der Waals surface area contributed by atoms with Crippen molar-refractivity contribution in [2.24, 2.45) is 0 Å². The van der Waals surface area contributed by atoms with Gasteiger partial charge in [0.15, 0.2) is 0 Å². The quantitative estimate of drug-likeness (QED) is 0.377.